The number of nitrogens with zero attached hydrogens (tertiary/aromatic N) is 8. The highest BCUT2D eigenvalue weighted by molar-refractivity contribution is 7.89. The second-order valence-corrected chi connectivity index (χ2v) is 18.3. The molecule has 4 aromatic carbocycles. The second kappa shape index (κ2) is 20.4. The number of primary sulfonamides is 1. The Bertz CT molecular complexity index is 2810. The molecule has 5 N–H and O–H groups in total. The van der Waals surface area contributed by atoms with Gasteiger partial charge in [0, 0.05) is 74.9 Å². The van der Waals surface area contributed by atoms with Crippen molar-refractivity contribution in [1.82, 2.24) is 34.5 Å². The van der Waals surface area contributed by atoms with Gasteiger partial charge in [0.05, 0.1) is 56.9 Å². The largest absolute Gasteiger partial charge is 0.493 e. The Morgan fingerprint density at radius 3 is 2.05 bits per heavy atom. The molecule has 0 unspecified atom stereocenters. The van der Waals surface area contributed by atoms with Gasteiger partial charge in [-0.1, -0.05) is 6.07 Å². The summed E-state index contributed by atoms with van der Waals surface area (Å²) in [5.74, 6) is 1.72. The van der Waals surface area contributed by atoms with E-state index in [0.29, 0.717) is 47.1 Å². The summed E-state index contributed by atoms with van der Waals surface area (Å²) in [6, 6.07) is 19.5. The van der Waals surface area contributed by atoms with Crippen LogP contribution in [-0.4, -0.2) is 126 Å². The van der Waals surface area contributed by atoms with Crippen LogP contribution < -0.4 is 30.1 Å². The SMILES string of the molecule is CN(C)Cc1ccc(S(N)(=O)=O)cc1Nc1ncnc2cc(OCCCN3CCOCC3)ccc12.CNS(=O)(=O)c1ccc(N(C)C)c(Nc2ncnc3cc([N+](=O)[O-])ccc23)c1. The minimum atomic E-state index is -3.84. The lowest BCUT2D eigenvalue weighted by Crippen LogP contribution is -2.37. The average molecular weight is 903 g/mol. The molecular weight excluding hydrogens is 853 g/mol. The van der Waals surface area contributed by atoms with Crippen molar-refractivity contribution in [3.8, 4) is 5.75 Å². The van der Waals surface area contributed by atoms with Crippen molar-refractivity contribution in [2.24, 2.45) is 5.14 Å². The van der Waals surface area contributed by atoms with E-state index in [0.717, 1.165) is 67.2 Å². The van der Waals surface area contributed by atoms with E-state index in [9.17, 15) is 26.9 Å². The smallest absolute Gasteiger partial charge is 0.271 e. The number of non-ortho nitro benzene ring substituents is 1. The number of rotatable bonds is 16. The summed E-state index contributed by atoms with van der Waals surface area (Å²) in [5.41, 5.74) is 3.83. The van der Waals surface area contributed by atoms with Crippen molar-refractivity contribution in [3.05, 3.63) is 101 Å². The molecule has 0 bridgehead atoms. The molecule has 0 saturated carbocycles. The fourth-order valence-corrected chi connectivity index (χ4v) is 7.96. The minimum Gasteiger partial charge on any atom is -0.493 e. The number of anilines is 5. The molecule has 1 fully saturated rings. The lowest BCUT2D eigenvalue weighted by Gasteiger charge is -2.26. The Hall–Kier alpha value is -6.14. The molecular formula is C41H50N12O8S2. The van der Waals surface area contributed by atoms with Crippen LogP contribution in [0.25, 0.3) is 21.8 Å². The molecule has 20 nitrogen and oxygen atoms in total. The molecule has 0 spiro atoms. The van der Waals surface area contributed by atoms with E-state index < -0.39 is 25.0 Å². The number of nitrogens with two attached hydrogens (primary N) is 1. The van der Waals surface area contributed by atoms with Crippen molar-refractivity contribution in [1.29, 1.82) is 0 Å². The van der Waals surface area contributed by atoms with Gasteiger partial charge in [0.25, 0.3) is 5.69 Å². The summed E-state index contributed by atoms with van der Waals surface area (Å²) >= 11 is 0. The highest BCUT2D eigenvalue weighted by Gasteiger charge is 2.18. The number of fused-ring (bicyclic) bond motifs is 2. The monoisotopic (exact) mass is 902 g/mol. The summed E-state index contributed by atoms with van der Waals surface area (Å²) < 4.78 is 61.8. The van der Waals surface area contributed by atoms with Gasteiger partial charge in [-0.3, -0.25) is 15.0 Å². The molecule has 2 aromatic heterocycles. The molecule has 7 rings (SSSR count). The topological polar surface area (TPSA) is 253 Å². The van der Waals surface area contributed by atoms with E-state index in [1.165, 1.54) is 56.1 Å². The number of ether oxygens (including phenoxy) is 2. The third-order valence-electron chi connectivity index (χ3n) is 9.86. The number of hydrogen-bond donors (Lipinski definition) is 4. The van der Waals surface area contributed by atoms with Crippen molar-refractivity contribution >= 4 is 76.2 Å². The van der Waals surface area contributed by atoms with Crippen LogP contribution in [0.4, 0.5) is 34.4 Å². The van der Waals surface area contributed by atoms with Gasteiger partial charge in [-0.15, -0.1) is 0 Å². The maximum atomic E-state index is 12.2. The quantitative estimate of drug-likeness (QED) is 0.0595. The number of hydrogen-bond acceptors (Lipinski definition) is 17. The molecule has 22 heteroatoms. The van der Waals surface area contributed by atoms with Crippen LogP contribution in [-0.2, 0) is 31.3 Å². The molecule has 334 valence electrons. The van der Waals surface area contributed by atoms with Gasteiger partial charge >= 0.3 is 0 Å². The van der Waals surface area contributed by atoms with Gasteiger partial charge in [-0.2, -0.15) is 0 Å². The van der Waals surface area contributed by atoms with E-state index >= 15 is 0 Å². The van der Waals surface area contributed by atoms with Gasteiger partial charge in [0.2, 0.25) is 20.0 Å². The van der Waals surface area contributed by atoms with Gasteiger partial charge in [0.15, 0.2) is 0 Å². The molecule has 0 atom stereocenters. The van der Waals surface area contributed by atoms with E-state index in [2.05, 4.69) is 40.2 Å². The first-order valence-corrected chi connectivity index (χ1v) is 22.7. The average Bonchev–Trinajstić information content (AvgIpc) is 3.25. The Balaban J connectivity index is 0.000000215. The van der Waals surface area contributed by atoms with Crippen molar-refractivity contribution < 1.29 is 31.2 Å². The number of aromatic nitrogens is 4. The zero-order chi connectivity index (χ0) is 45.3. The molecule has 0 aliphatic carbocycles. The number of nitrogens with one attached hydrogen (secondary N) is 3. The van der Waals surface area contributed by atoms with Crippen LogP contribution in [0.5, 0.6) is 5.75 Å². The van der Waals surface area contributed by atoms with E-state index in [4.69, 9.17) is 14.6 Å². The van der Waals surface area contributed by atoms with Crippen LogP contribution in [0.2, 0.25) is 0 Å². The van der Waals surface area contributed by atoms with Crippen molar-refractivity contribution in [3.63, 3.8) is 0 Å². The van der Waals surface area contributed by atoms with Crippen molar-refractivity contribution in [2.75, 3.05) is 90.2 Å². The zero-order valence-electron chi connectivity index (χ0n) is 35.5. The molecule has 1 aliphatic rings. The molecule has 63 heavy (non-hydrogen) atoms. The molecule has 3 heterocycles. The normalized spacial score (nSPS) is 13.4. The first kappa shape index (κ1) is 46.4. The van der Waals surface area contributed by atoms with Crippen LogP contribution >= 0.6 is 0 Å². The number of sulfonamides is 2. The van der Waals surface area contributed by atoms with Gasteiger partial charge in [0.1, 0.15) is 30.0 Å². The van der Waals surface area contributed by atoms with Crippen molar-refractivity contribution in [2.45, 2.75) is 22.8 Å². The number of morpholine rings is 1. The Kier molecular flexibility index (Phi) is 15.0. The number of nitro groups is 1. The van der Waals surface area contributed by atoms with Gasteiger partial charge in [-0.05, 0) is 81.7 Å². The maximum absolute atomic E-state index is 12.2. The predicted octanol–water partition coefficient (Wildman–Crippen LogP) is 4.44. The van der Waals surface area contributed by atoms with Crippen LogP contribution in [0.15, 0.2) is 95.2 Å². The standard InChI is InChI=1S/C24H32N6O4S.C17H18N6O4S/c1-29(2)16-18-4-6-20(35(25,31)32)15-22(18)28-24-21-7-5-19(14-23(21)26-17-27-24)34-11-3-8-30-9-12-33-13-10-30;1-18-28(26,27)12-5-7-16(22(2)3)15(9-12)21-17-13-6-4-11(23(24)25)8-14(13)19-10-20-17/h4-7,14-15,17H,3,8-13,16H2,1-2H3,(H2,25,31,32)(H,26,27,28);4-10,18H,1-3H3,(H,19,20,21). The summed E-state index contributed by atoms with van der Waals surface area (Å²) in [5, 5.41) is 24.1. The third-order valence-corrected chi connectivity index (χ3v) is 12.2. The zero-order valence-corrected chi connectivity index (χ0v) is 37.1. The molecule has 1 aliphatic heterocycles. The molecule has 0 amide bonds. The summed E-state index contributed by atoms with van der Waals surface area (Å²) in [6.45, 7) is 5.75. The van der Waals surface area contributed by atoms with Gasteiger partial charge in [-0.25, -0.2) is 46.6 Å². The van der Waals surface area contributed by atoms with E-state index in [1.54, 1.807) is 18.2 Å². The lowest BCUT2D eigenvalue weighted by molar-refractivity contribution is -0.384. The Morgan fingerprint density at radius 2 is 1.43 bits per heavy atom. The summed E-state index contributed by atoms with van der Waals surface area (Å²) in [6.07, 6.45) is 3.70. The fraction of sp³-hybridized carbons (Fsp3) is 0.317. The summed E-state index contributed by atoms with van der Waals surface area (Å²) in [4.78, 5) is 33.9. The van der Waals surface area contributed by atoms with Crippen LogP contribution in [0.3, 0.4) is 0 Å². The Morgan fingerprint density at radius 1 is 0.810 bits per heavy atom. The fourth-order valence-electron chi connectivity index (χ4n) is 6.66. The molecule has 0 radical (unpaired) electrons. The van der Waals surface area contributed by atoms with Crippen LogP contribution in [0, 0.1) is 10.1 Å². The maximum Gasteiger partial charge on any atom is 0.271 e. The molecule has 1 saturated heterocycles. The third kappa shape index (κ3) is 12.1. The van der Waals surface area contributed by atoms with Crippen LogP contribution in [0.1, 0.15) is 12.0 Å². The van der Waals surface area contributed by atoms with E-state index in [1.807, 2.05) is 56.2 Å². The highest BCUT2D eigenvalue weighted by Crippen LogP contribution is 2.33. The molecule has 6 aromatic rings. The predicted molar refractivity (Wildman–Crippen MR) is 242 cm³/mol. The number of benzene rings is 4. The second-order valence-electron chi connectivity index (χ2n) is 14.9. The van der Waals surface area contributed by atoms with Gasteiger partial charge < -0.3 is 29.9 Å². The Labute approximate surface area is 365 Å². The summed E-state index contributed by atoms with van der Waals surface area (Å²) in [7, 11) is 1.41. The first-order valence-electron chi connectivity index (χ1n) is 19.7. The van der Waals surface area contributed by atoms with E-state index in [-0.39, 0.29) is 15.5 Å². The minimum absolute atomic E-state index is 0.0358. The number of nitro benzene ring substituents is 1. The first-order chi connectivity index (χ1) is 30.0. The lowest BCUT2D eigenvalue weighted by atomic mass is 10.1. The highest BCUT2D eigenvalue weighted by atomic mass is 32.2.